The van der Waals surface area contributed by atoms with E-state index in [1.807, 2.05) is 31.2 Å². The van der Waals surface area contributed by atoms with E-state index < -0.39 is 6.10 Å². The molecule has 0 aliphatic carbocycles. The number of carbonyl (C=O) groups is 2. The van der Waals surface area contributed by atoms with Crippen molar-refractivity contribution >= 4 is 23.2 Å². The lowest BCUT2D eigenvalue weighted by Gasteiger charge is -2.13. The van der Waals surface area contributed by atoms with Crippen LogP contribution in [0.25, 0.3) is 0 Å². The van der Waals surface area contributed by atoms with Gasteiger partial charge in [-0.25, -0.2) is 0 Å². The molecule has 6 heteroatoms. The molecule has 0 saturated carbocycles. The van der Waals surface area contributed by atoms with Crippen molar-refractivity contribution < 1.29 is 14.3 Å². The molecule has 1 aliphatic heterocycles. The minimum atomic E-state index is -0.402. The van der Waals surface area contributed by atoms with Gasteiger partial charge in [-0.2, -0.15) is 0 Å². The Labute approximate surface area is 159 Å². The Morgan fingerprint density at radius 1 is 1.11 bits per heavy atom. The molecule has 3 rings (SSSR count). The SMILES string of the molecule is CCNCc1ccccc1NC(=O)c1cccc(NC(=O)C2CCCO2)c1. The molecular weight excluding hydrogens is 342 g/mol. The fourth-order valence-electron chi connectivity index (χ4n) is 3.00. The van der Waals surface area contributed by atoms with Gasteiger partial charge in [0.15, 0.2) is 0 Å². The number of amides is 2. The second-order valence-corrected chi connectivity index (χ2v) is 6.46. The number of anilines is 2. The Bertz CT molecular complexity index is 801. The van der Waals surface area contributed by atoms with Crippen LogP contribution in [0.2, 0.25) is 0 Å². The summed E-state index contributed by atoms with van der Waals surface area (Å²) >= 11 is 0. The van der Waals surface area contributed by atoms with Gasteiger partial charge in [0, 0.05) is 30.1 Å². The Morgan fingerprint density at radius 2 is 1.96 bits per heavy atom. The lowest BCUT2D eigenvalue weighted by molar-refractivity contribution is -0.124. The highest BCUT2D eigenvalue weighted by Gasteiger charge is 2.23. The zero-order valence-corrected chi connectivity index (χ0v) is 15.5. The Morgan fingerprint density at radius 3 is 2.74 bits per heavy atom. The van der Waals surface area contributed by atoms with Crippen molar-refractivity contribution in [3.63, 3.8) is 0 Å². The maximum atomic E-state index is 12.7. The summed E-state index contributed by atoms with van der Waals surface area (Å²) in [6, 6.07) is 14.6. The van der Waals surface area contributed by atoms with Gasteiger partial charge >= 0.3 is 0 Å². The molecule has 1 saturated heterocycles. The molecule has 1 fully saturated rings. The van der Waals surface area contributed by atoms with E-state index in [0.29, 0.717) is 24.4 Å². The van der Waals surface area contributed by atoms with Crippen LogP contribution in [0.5, 0.6) is 0 Å². The smallest absolute Gasteiger partial charge is 0.255 e. The lowest BCUT2D eigenvalue weighted by atomic mass is 10.1. The van der Waals surface area contributed by atoms with Gasteiger partial charge in [-0.15, -0.1) is 0 Å². The first-order valence-electron chi connectivity index (χ1n) is 9.30. The summed E-state index contributed by atoms with van der Waals surface area (Å²) in [5.74, 6) is -0.381. The molecule has 2 aromatic carbocycles. The summed E-state index contributed by atoms with van der Waals surface area (Å²) in [5, 5.41) is 9.05. The topological polar surface area (TPSA) is 79.5 Å². The van der Waals surface area contributed by atoms with Crippen LogP contribution in [0.1, 0.15) is 35.7 Å². The summed E-state index contributed by atoms with van der Waals surface area (Å²) < 4.78 is 5.39. The molecule has 1 unspecified atom stereocenters. The van der Waals surface area contributed by atoms with Crippen LogP contribution in [0.15, 0.2) is 48.5 Å². The summed E-state index contributed by atoms with van der Waals surface area (Å²) in [6.07, 6.45) is 1.22. The third-order valence-corrected chi connectivity index (χ3v) is 4.45. The lowest BCUT2D eigenvalue weighted by Crippen LogP contribution is -2.27. The molecule has 6 nitrogen and oxygen atoms in total. The first-order chi connectivity index (χ1) is 13.2. The molecule has 142 valence electrons. The Kier molecular flexibility index (Phi) is 6.57. The van der Waals surface area contributed by atoms with E-state index in [2.05, 4.69) is 16.0 Å². The van der Waals surface area contributed by atoms with Gasteiger partial charge in [-0.1, -0.05) is 31.2 Å². The highest BCUT2D eigenvalue weighted by Crippen LogP contribution is 2.19. The standard InChI is InChI=1S/C21H25N3O3/c1-2-22-14-16-7-3-4-10-18(16)24-20(25)15-8-5-9-17(13-15)23-21(26)19-11-6-12-27-19/h3-5,7-10,13,19,22H,2,6,11-12,14H2,1H3,(H,23,26)(H,24,25). The number of rotatable bonds is 7. The maximum Gasteiger partial charge on any atom is 0.255 e. The van der Waals surface area contributed by atoms with Crippen molar-refractivity contribution in [3.8, 4) is 0 Å². The highest BCUT2D eigenvalue weighted by molar-refractivity contribution is 6.05. The van der Waals surface area contributed by atoms with E-state index in [4.69, 9.17) is 4.74 Å². The first-order valence-corrected chi connectivity index (χ1v) is 9.30. The maximum absolute atomic E-state index is 12.7. The molecule has 1 aliphatic rings. The zero-order chi connectivity index (χ0) is 19.1. The predicted molar refractivity (Wildman–Crippen MR) is 106 cm³/mol. The van der Waals surface area contributed by atoms with Crippen molar-refractivity contribution in [3.05, 3.63) is 59.7 Å². The van der Waals surface area contributed by atoms with Crippen LogP contribution < -0.4 is 16.0 Å². The van der Waals surface area contributed by atoms with Crippen LogP contribution in [0, 0.1) is 0 Å². The summed E-state index contributed by atoms with van der Waals surface area (Å²) in [6.45, 7) is 4.20. The molecular formula is C21H25N3O3. The van der Waals surface area contributed by atoms with Gasteiger partial charge in [-0.3, -0.25) is 9.59 Å². The number of ether oxygens (including phenoxy) is 1. The zero-order valence-electron chi connectivity index (χ0n) is 15.5. The third kappa shape index (κ3) is 5.15. The second kappa shape index (κ2) is 9.30. The normalized spacial score (nSPS) is 16.1. The molecule has 3 N–H and O–H groups in total. The predicted octanol–water partition coefficient (Wildman–Crippen LogP) is 3.17. The van der Waals surface area contributed by atoms with Crippen molar-refractivity contribution in [2.75, 3.05) is 23.8 Å². The van der Waals surface area contributed by atoms with Gasteiger partial charge in [0.25, 0.3) is 11.8 Å². The van der Waals surface area contributed by atoms with Gasteiger partial charge in [0.2, 0.25) is 0 Å². The molecule has 1 heterocycles. The van der Waals surface area contributed by atoms with Crippen LogP contribution >= 0.6 is 0 Å². The van der Waals surface area contributed by atoms with Gasteiger partial charge < -0.3 is 20.7 Å². The van der Waals surface area contributed by atoms with Gasteiger partial charge in [0.1, 0.15) is 6.10 Å². The van der Waals surface area contributed by atoms with Crippen molar-refractivity contribution in [2.24, 2.45) is 0 Å². The largest absolute Gasteiger partial charge is 0.368 e. The van der Waals surface area contributed by atoms with Crippen LogP contribution in [-0.4, -0.2) is 31.1 Å². The molecule has 0 spiro atoms. The number of nitrogens with one attached hydrogen (secondary N) is 3. The molecule has 0 aromatic heterocycles. The van der Waals surface area contributed by atoms with Crippen LogP contribution in [-0.2, 0) is 16.1 Å². The van der Waals surface area contributed by atoms with E-state index in [-0.39, 0.29) is 11.8 Å². The quantitative estimate of drug-likeness (QED) is 0.702. The number of hydrogen-bond donors (Lipinski definition) is 3. The number of hydrogen-bond acceptors (Lipinski definition) is 4. The number of benzene rings is 2. The van der Waals surface area contributed by atoms with Crippen LogP contribution in [0.4, 0.5) is 11.4 Å². The molecule has 27 heavy (non-hydrogen) atoms. The number of para-hydroxylation sites is 1. The Balaban J connectivity index is 1.68. The van der Waals surface area contributed by atoms with Crippen molar-refractivity contribution in [2.45, 2.75) is 32.4 Å². The highest BCUT2D eigenvalue weighted by atomic mass is 16.5. The summed E-state index contributed by atoms with van der Waals surface area (Å²) in [7, 11) is 0. The van der Waals surface area contributed by atoms with Crippen molar-refractivity contribution in [1.29, 1.82) is 0 Å². The minimum absolute atomic E-state index is 0.166. The fourth-order valence-corrected chi connectivity index (χ4v) is 3.00. The van der Waals surface area contributed by atoms with E-state index in [0.717, 1.165) is 30.6 Å². The summed E-state index contributed by atoms with van der Waals surface area (Å²) in [5.41, 5.74) is 2.87. The van der Waals surface area contributed by atoms with E-state index in [1.165, 1.54) is 0 Å². The van der Waals surface area contributed by atoms with Gasteiger partial charge in [-0.05, 0) is 49.2 Å². The van der Waals surface area contributed by atoms with E-state index in [9.17, 15) is 9.59 Å². The Hall–Kier alpha value is -2.70. The molecule has 2 aromatic rings. The monoisotopic (exact) mass is 367 g/mol. The third-order valence-electron chi connectivity index (χ3n) is 4.45. The average molecular weight is 367 g/mol. The van der Waals surface area contributed by atoms with Gasteiger partial charge in [0.05, 0.1) is 0 Å². The minimum Gasteiger partial charge on any atom is -0.368 e. The van der Waals surface area contributed by atoms with Crippen LogP contribution in [0.3, 0.4) is 0 Å². The van der Waals surface area contributed by atoms with Crippen molar-refractivity contribution in [1.82, 2.24) is 5.32 Å². The molecule has 0 radical (unpaired) electrons. The average Bonchev–Trinajstić information content (AvgIpc) is 3.22. The fraction of sp³-hybridized carbons (Fsp3) is 0.333. The molecule has 1 atom stereocenters. The molecule has 2 amide bonds. The van der Waals surface area contributed by atoms with E-state index >= 15 is 0 Å². The summed E-state index contributed by atoms with van der Waals surface area (Å²) in [4.78, 5) is 24.9. The number of carbonyl (C=O) groups excluding carboxylic acids is 2. The van der Waals surface area contributed by atoms with E-state index in [1.54, 1.807) is 24.3 Å². The molecule has 0 bridgehead atoms. The second-order valence-electron chi connectivity index (χ2n) is 6.46. The first kappa shape index (κ1) is 19.1.